The molecule has 0 unspecified atom stereocenters. The zero-order valence-corrected chi connectivity index (χ0v) is 18.9. The average molecular weight is 435 g/mol. The molecule has 1 aliphatic heterocycles. The highest BCUT2D eigenvalue weighted by molar-refractivity contribution is 5.96. The summed E-state index contributed by atoms with van der Waals surface area (Å²) >= 11 is 0. The van der Waals surface area contributed by atoms with Crippen LogP contribution in [0.15, 0.2) is 59.1 Å². The first-order valence-electron chi connectivity index (χ1n) is 10.9. The molecule has 32 heavy (non-hydrogen) atoms. The SMILES string of the molecule is COc1ccc(C)cc1NC(=O)[C@H](c1ccccc1)N1CCN(Cc2cc(C)on2)CC1. The van der Waals surface area contributed by atoms with Crippen molar-refractivity contribution in [3.05, 3.63) is 77.2 Å². The number of benzene rings is 2. The van der Waals surface area contributed by atoms with Gasteiger partial charge in [0.1, 0.15) is 17.6 Å². The highest BCUT2D eigenvalue weighted by Gasteiger charge is 2.31. The van der Waals surface area contributed by atoms with E-state index in [2.05, 4.69) is 20.3 Å². The Balaban J connectivity index is 1.49. The van der Waals surface area contributed by atoms with E-state index in [0.29, 0.717) is 11.4 Å². The molecular formula is C25H30N4O3. The van der Waals surface area contributed by atoms with Crippen molar-refractivity contribution in [1.29, 1.82) is 0 Å². The van der Waals surface area contributed by atoms with Crippen LogP contribution in [0.5, 0.6) is 5.75 Å². The largest absolute Gasteiger partial charge is 0.495 e. The zero-order valence-electron chi connectivity index (χ0n) is 18.9. The summed E-state index contributed by atoms with van der Waals surface area (Å²) in [7, 11) is 1.62. The maximum Gasteiger partial charge on any atom is 0.246 e. The van der Waals surface area contributed by atoms with Crippen molar-refractivity contribution in [3.8, 4) is 5.75 Å². The number of ether oxygens (including phenoxy) is 1. The van der Waals surface area contributed by atoms with Crippen molar-refractivity contribution < 1.29 is 14.1 Å². The Kier molecular flexibility index (Phi) is 6.87. The summed E-state index contributed by atoms with van der Waals surface area (Å²) in [6.07, 6.45) is 0. The second kappa shape index (κ2) is 9.97. The quantitative estimate of drug-likeness (QED) is 0.610. The van der Waals surface area contributed by atoms with Gasteiger partial charge in [-0.05, 0) is 37.1 Å². The van der Waals surface area contributed by atoms with Crippen molar-refractivity contribution in [2.24, 2.45) is 0 Å². The molecule has 1 atom stereocenters. The molecule has 0 bridgehead atoms. The Hall–Kier alpha value is -3.16. The lowest BCUT2D eigenvalue weighted by atomic mass is 10.0. The molecule has 1 saturated heterocycles. The maximum absolute atomic E-state index is 13.5. The molecule has 0 aliphatic carbocycles. The van der Waals surface area contributed by atoms with Crippen LogP contribution in [-0.4, -0.2) is 54.2 Å². The fourth-order valence-corrected chi connectivity index (χ4v) is 4.19. The number of aromatic nitrogens is 1. The van der Waals surface area contributed by atoms with Gasteiger partial charge in [0.25, 0.3) is 0 Å². The van der Waals surface area contributed by atoms with E-state index in [1.165, 1.54) is 0 Å². The minimum atomic E-state index is -0.377. The molecule has 0 spiro atoms. The predicted octanol–water partition coefficient (Wildman–Crippen LogP) is 3.80. The Bertz CT molecular complexity index is 1040. The number of piperazine rings is 1. The Morgan fingerprint density at radius 3 is 2.50 bits per heavy atom. The number of aryl methyl sites for hydroxylation is 2. The summed E-state index contributed by atoms with van der Waals surface area (Å²) in [5.41, 5.74) is 3.68. The normalized spacial score (nSPS) is 16.0. The van der Waals surface area contributed by atoms with Crippen molar-refractivity contribution >= 4 is 11.6 Å². The zero-order chi connectivity index (χ0) is 22.5. The van der Waals surface area contributed by atoms with Gasteiger partial charge in [-0.15, -0.1) is 0 Å². The van der Waals surface area contributed by atoms with E-state index in [9.17, 15) is 4.79 Å². The van der Waals surface area contributed by atoms with E-state index in [1.54, 1.807) is 7.11 Å². The molecule has 3 aromatic rings. The summed E-state index contributed by atoms with van der Waals surface area (Å²) < 4.78 is 10.6. The number of carbonyl (C=O) groups is 1. The van der Waals surface area contributed by atoms with Gasteiger partial charge in [-0.1, -0.05) is 41.6 Å². The fraction of sp³-hybridized carbons (Fsp3) is 0.360. The van der Waals surface area contributed by atoms with Crippen LogP contribution in [0.4, 0.5) is 5.69 Å². The van der Waals surface area contributed by atoms with Crippen LogP contribution >= 0.6 is 0 Å². The van der Waals surface area contributed by atoms with Gasteiger partial charge in [-0.2, -0.15) is 0 Å². The smallest absolute Gasteiger partial charge is 0.246 e. The van der Waals surface area contributed by atoms with Gasteiger partial charge in [-0.25, -0.2) is 0 Å². The number of methoxy groups -OCH3 is 1. The molecule has 1 N–H and O–H groups in total. The third-order valence-corrected chi connectivity index (χ3v) is 5.81. The Morgan fingerprint density at radius 1 is 1.09 bits per heavy atom. The Morgan fingerprint density at radius 2 is 1.84 bits per heavy atom. The summed E-state index contributed by atoms with van der Waals surface area (Å²) in [5, 5.41) is 7.21. The lowest BCUT2D eigenvalue weighted by molar-refractivity contribution is -0.122. The Labute approximate surface area is 188 Å². The van der Waals surface area contributed by atoms with Gasteiger partial charge < -0.3 is 14.6 Å². The minimum absolute atomic E-state index is 0.0549. The van der Waals surface area contributed by atoms with Crippen molar-refractivity contribution in [1.82, 2.24) is 15.0 Å². The summed E-state index contributed by atoms with van der Waals surface area (Å²) in [6.45, 7) is 7.95. The molecular weight excluding hydrogens is 404 g/mol. The second-order valence-electron chi connectivity index (χ2n) is 8.25. The monoisotopic (exact) mass is 434 g/mol. The number of nitrogens with one attached hydrogen (secondary N) is 1. The standard InChI is InChI=1S/C25H30N4O3/c1-18-9-10-23(31-3)22(15-18)26-25(30)24(20-7-5-4-6-8-20)29-13-11-28(12-14-29)17-21-16-19(2)32-27-21/h4-10,15-16,24H,11-14,17H2,1-3H3,(H,26,30)/t24-/m0/s1. The number of anilines is 1. The first-order chi connectivity index (χ1) is 15.5. The van der Waals surface area contributed by atoms with Gasteiger partial charge >= 0.3 is 0 Å². The van der Waals surface area contributed by atoms with E-state index in [0.717, 1.165) is 55.3 Å². The number of carbonyl (C=O) groups excluding carboxylic acids is 1. The topological polar surface area (TPSA) is 70.8 Å². The molecule has 2 aromatic carbocycles. The van der Waals surface area contributed by atoms with Crippen LogP contribution in [-0.2, 0) is 11.3 Å². The van der Waals surface area contributed by atoms with Gasteiger partial charge in [0.05, 0.1) is 18.5 Å². The van der Waals surface area contributed by atoms with E-state index in [-0.39, 0.29) is 11.9 Å². The van der Waals surface area contributed by atoms with Gasteiger partial charge in [0.15, 0.2) is 0 Å². The minimum Gasteiger partial charge on any atom is -0.495 e. The third-order valence-electron chi connectivity index (χ3n) is 5.81. The van der Waals surface area contributed by atoms with Crippen LogP contribution < -0.4 is 10.1 Å². The van der Waals surface area contributed by atoms with Crippen LogP contribution in [0.1, 0.15) is 28.6 Å². The summed E-state index contributed by atoms with van der Waals surface area (Å²) in [5.74, 6) is 1.43. The van der Waals surface area contributed by atoms with Crippen LogP contribution in [0, 0.1) is 13.8 Å². The van der Waals surface area contributed by atoms with E-state index >= 15 is 0 Å². The number of rotatable bonds is 7. The molecule has 1 aliphatic rings. The van der Waals surface area contributed by atoms with Crippen LogP contribution in [0.25, 0.3) is 0 Å². The molecule has 7 heteroatoms. The fourth-order valence-electron chi connectivity index (χ4n) is 4.19. The molecule has 1 aromatic heterocycles. The van der Waals surface area contributed by atoms with E-state index < -0.39 is 0 Å². The highest BCUT2D eigenvalue weighted by atomic mass is 16.5. The molecule has 1 fully saturated rings. The number of hydrogen-bond donors (Lipinski definition) is 1. The van der Waals surface area contributed by atoms with Crippen molar-refractivity contribution in [2.75, 3.05) is 38.6 Å². The molecule has 4 rings (SSSR count). The summed E-state index contributed by atoms with van der Waals surface area (Å²) in [6, 6.07) is 17.4. The van der Waals surface area contributed by atoms with Crippen molar-refractivity contribution in [3.63, 3.8) is 0 Å². The first kappa shape index (κ1) is 22.0. The molecule has 7 nitrogen and oxygen atoms in total. The average Bonchev–Trinajstić information content (AvgIpc) is 3.20. The lowest BCUT2D eigenvalue weighted by Crippen LogP contribution is -2.49. The van der Waals surface area contributed by atoms with Gasteiger partial charge in [0.2, 0.25) is 5.91 Å². The second-order valence-corrected chi connectivity index (χ2v) is 8.25. The molecule has 2 heterocycles. The molecule has 0 saturated carbocycles. The van der Waals surface area contributed by atoms with Crippen LogP contribution in [0.3, 0.4) is 0 Å². The first-order valence-corrected chi connectivity index (χ1v) is 10.9. The predicted molar refractivity (Wildman–Crippen MR) is 124 cm³/mol. The number of nitrogens with zero attached hydrogens (tertiary/aromatic N) is 3. The molecule has 168 valence electrons. The number of hydrogen-bond acceptors (Lipinski definition) is 6. The highest BCUT2D eigenvalue weighted by Crippen LogP contribution is 2.29. The third kappa shape index (κ3) is 5.18. The summed E-state index contributed by atoms with van der Waals surface area (Å²) in [4.78, 5) is 18.1. The van der Waals surface area contributed by atoms with Crippen LogP contribution in [0.2, 0.25) is 0 Å². The van der Waals surface area contributed by atoms with E-state index in [4.69, 9.17) is 9.26 Å². The van der Waals surface area contributed by atoms with Gasteiger partial charge in [0, 0.05) is 38.8 Å². The lowest BCUT2D eigenvalue weighted by Gasteiger charge is -2.38. The van der Waals surface area contributed by atoms with Crippen molar-refractivity contribution in [2.45, 2.75) is 26.4 Å². The molecule has 1 amide bonds. The number of amides is 1. The molecule has 0 radical (unpaired) electrons. The van der Waals surface area contributed by atoms with Gasteiger partial charge in [-0.3, -0.25) is 14.6 Å². The van der Waals surface area contributed by atoms with E-state index in [1.807, 2.05) is 68.4 Å². The maximum atomic E-state index is 13.5.